The van der Waals surface area contributed by atoms with Gasteiger partial charge in [-0.1, -0.05) is 152 Å². The van der Waals surface area contributed by atoms with Crippen LogP contribution in [0.1, 0.15) is 0 Å². The molecule has 0 aliphatic heterocycles. The topological polar surface area (TPSA) is 13.1 Å². The van der Waals surface area contributed by atoms with Crippen molar-refractivity contribution in [2.24, 2.45) is 0 Å². The van der Waals surface area contributed by atoms with E-state index in [-0.39, 0.29) is 0 Å². The minimum atomic E-state index is 1.12. The van der Waals surface area contributed by atoms with E-state index in [1.165, 1.54) is 82.7 Å². The summed E-state index contributed by atoms with van der Waals surface area (Å²) >= 11 is 0. The van der Waals surface area contributed by atoms with Gasteiger partial charge in [0, 0.05) is 50.0 Å². The third-order valence-electron chi connectivity index (χ3n) is 12.5. The molecule has 0 amide bonds. The summed E-state index contributed by atoms with van der Waals surface area (Å²) in [6.45, 7) is 0. The van der Waals surface area contributed by atoms with E-state index in [2.05, 4.69) is 263 Å². The second kappa shape index (κ2) is 15.3. The standard InChI is InChI=1S/C60H41N3/c1-4-14-48(15-5-1)61(49-16-6-2-7-17-49)51-34-28-44(29-35-51)42-24-26-43(27-25-42)45-30-36-52(37-31-45)63-58-23-13-11-21-54(58)56-41-47(33-39-60(56)63)46-32-38-59-55(40-46)53-20-10-12-22-57(53)62(59)50-18-8-3-9-19-50/h1-41H. The van der Waals surface area contributed by atoms with E-state index < -0.39 is 0 Å². The first-order valence-electron chi connectivity index (χ1n) is 21.6. The first-order valence-corrected chi connectivity index (χ1v) is 21.6. The summed E-state index contributed by atoms with van der Waals surface area (Å²) in [5.74, 6) is 0. The Kier molecular flexibility index (Phi) is 8.83. The number of nitrogens with zero attached hydrogens (tertiary/aromatic N) is 3. The van der Waals surface area contributed by atoms with Crippen LogP contribution in [-0.2, 0) is 0 Å². The number of anilines is 3. The molecule has 3 heteroatoms. The van der Waals surface area contributed by atoms with Crippen molar-refractivity contribution in [1.29, 1.82) is 0 Å². The Hall–Kier alpha value is -8.40. The quantitative estimate of drug-likeness (QED) is 0.149. The van der Waals surface area contributed by atoms with E-state index in [0.29, 0.717) is 0 Å². The zero-order chi connectivity index (χ0) is 41.7. The molecule has 0 unspecified atom stereocenters. The highest BCUT2D eigenvalue weighted by atomic mass is 15.1. The Bertz CT molecular complexity index is 3530. The molecule has 2 aromatic heterocycles. The first kappa shape index (κ1) is 36.5. The van der Waals surface area contributed by atoms with Crippen LogP contribution in [0.2, 0.25) is 0 Å². The van der Waals surface area contributed by atoms with E-state index in [9.17, 15) is 0 Å². The molecule has 10 aromatic carbocycles. The van der Waals surface area contributed by atoms with Crippen LogP contribution in [0.4, 0.5) is 17.1 Å². The van der Waals surface area contributed by atoms with Crippen molar-refractivity contribution >= 4 is 60.7 Å². The predicted octanol–water partition coefficient (Wildman–Crippen LogP) is 16.4. The van der Waals surface area contributed by atoms with Crippen LogP contribution in [0.15, 0.2) is 249 Å². The van der Waals surface area contributed by atoms with Gasteiger partial charge in [-0.2, -0.15) is 0 Å². The van der Waals surface area contributed by atoms with Gasteiger partial charge < -0.3 is 14.0 Å². The number of benzene rings is 10. The smallest absolute Gasteiger partial charge is 0.0541 e. The van der Waals surface area contributed by atoms with Crippen LogP contribution < -0.4 is 4.90 Å². The molecule has 3 nitrogen and oxygen atoms in total. The molecule has 0 saturated heterocycles. The van der Waals surface area contributed by atoms with Crippen molar-refractivity contribution in [3.8, 4) is 44.8 Å². The first-order chi connectivity index (χ1) is 31.2. The van der Waals surface area contributed by atoms with Gasteiger partial charge in [-0.15, -0.1) is 0 Å². The van der Waals surface area contributed by atoms with Crippen molar-refractivity contribution in [1.82, 2.24) is 9.13 Å². The van der Waals surface area contributed by atoms with Gasteiger partial charge in [-0.05, 0) is 130 Å². The molecule has 0 saturated carbocycles. The maximum absolute atomic E-state index is 2.40. The third-order valence-corrected chi connectivity index (χ3v) is 12.5. The third kappa shape index (κ3) is 6.38. The van der Waals surface area contributed by atoms with Gasteiger partial charge in [0.15, 0.2) is 0 Å². The van der Waals surface area contributed by atoms with E-state index in [0.717, 1.165) is 22.7 Å². The van der Waals surface area contributed by atoms with Gasteiger partial charge in [-0.25, -0.2) is 0 Å². The molecule has 12 rings (SSSR count). The highest BCUT2D eigenvalue weighted by Gasteiger charge is 2.17. The van der Waals surface area contributed by atoms with Crippen LogP contribution in [0, 0.1) is 0 Å². The lowest BCUT2D eigenvalue weighted by Gasteiger charge is -2.25. The number of rotatable bonds is 8. The molecule has 0 bridgehead atoms. The molecule has 0 N–H and O–H groups in total. The predicted molar refractivity (Wildman–Crippen MR) is 266 cm³/mol. The maximum Gasteiger partial charge on any atom is 0.0541 e. The molecular weight excluding hydrogens is 763 g/mol. The summed E-state index contributed by atoms with van der Waals surface area (Å²) in [7, 11) is 0. The largest absolute Gasteiger partial charge is 0.311 e. The Morgan fingerprint density at radius 3 is 1.00 bits per heavy atom. The summed E-state index contributed by atoms with van der Waals surface area (Å²) in [6, 6.07) is 89.9. The van der Waals surface area contributed by atoms with Crippen molar-refractivity contribution in [3.63, 3.8) is 0 Å². The van der Waals surface area contributed by atoms with E-state index in [1.807, 2.05) is 0 Å². The lowest BCUT2D eigenvalue weighted by atomic mass is 9.99. The highest BCUT2D eigenvalue weighted by molar-refractivity contribution is 6.12. The molecule has 0 spiro atoms. The number of fused-ring (bicyclic) bond motifs is 6. The van der Waals surface area contributed by atoms with Gasteiger partial charge in [0.1, 0.15) is 0 Å². The number of hydrogen-bond donors (Lipinski definition) is 0. The second-order valence-electron chi connectivity index (χ2n) is 16.2. The molecule has 0 aliphatic carbocycles. The lowest BCUT2D eigenvalue weighted by molar-refractivity contribution is 1.18. The fourth-order valence-electron chi connectivity index (χ4n) is 9.50. The molecule has 63 heavy (non-hydrogen) atoms. The summed E-state index contributed by atoms with van der Waals surface area (Å²) in [6.07, 6.45) is 0. The molecule has 296 valence electrons. The second-order valence-corrected chi connectivity index (χ2v) is 16.2. The molecule has 0 fully saturated rings. The summed E-state index contributed by atoms with van der Waals surface area (Å²) < 4.78 is 4.77. The average Bonchev–Trinajstić information content (AvgIpc) is 3.88. The van der Waals surface area contributed by atoms with Crippen LogP contribution in [0.5, 0.6) is 0 Å². The maximum atomic E-state index is 2.40. The Labute approximate surface area is 366 Å². The van der Waals surface area contributed by atoms with Crippen LogP contribution in [-0.4, -0.2) is 9.13 Å². The minimum absolute atomic E-state index is 1.12. The van der Waals surface area contributed by atoms with Crippen LogP contribution in [0.25, 0.3) is 88.4 Å². The zero-order valence-corrected chi connectivity index (χ0v) is 34.5. The van der Waals surface area contributed by atoms with Crippen molar-refractivity contribution in [3.05, 3.63) is 249 Å². The average molecular weight is 804 g/mol. The fraction of sp³-hybridized carbons (Fsp3) is 0. The van der Waals surface area contributed by atoms with Crippen molar-refractivity contribution < 1.29 is 0 Å². The molecule has 12 aromatic rings. The molecule has 0 aliphatic rings. The van der Waals surface area contributed by atoms with Gasteiger partial charge >= 0.3 is 0 Å². The summed E-state index contributed by atoms with van der Waals surface area (Å²) in [5.41, 5.74) is 17.7. The van der Waals surface area contributed by atoms with Crippen LogP contribution >= 0.6 is 0 Å². The van der Waals surface area contributed by atoms with Crippen molar-refractivity contribution in [2.75, 3.05) is 4.90 Å². The number of aromatic nitrogens is 2. The molecule has 0 radical (unpaired) electrons. The van der Waals surface area contributed by atoms with Gasteiger partial charge in [0.05, 0.1) is 22.1 Å². The van der Waals surface area contributed by atoms with Gasteiger partial charge in [-0.3, -0.25) is 0 Å². The Balaban J connectivity index is 0.841. The molecular formula is C60H41N3. The summed E-state index contributed by atoms with van der Waals surface area (Å²) in [5, 5.41) is 5.01. The van der Waals surface area contributed by atoms with Gasteiger partial charge in [0.25, 0.3) is 0 Å². The molecule has 0 atom stereocenters. The Morgan fingerprint density at radius 2 is 0.540 bits per heavy atom. The van der Waals surface area contributed by atoms with Gasteiger partial charge in [0.2, 0.25) is 0 Å². The van der Waals surface area contributed by atoms with Crippen LogP contribution in [0.3, 0.4) is 0 Å². The molecule has 2 heterocycles. The monoisotopic (exact) mass is 803 g/mol. The highest BCUT2D eigenvalue weighted by Crippen LogP contribution is 2.39. The summed E-state index contributed by atoms with van der Waals surface area (Å²) in [4.78, 5) is 2.29. The Morgan fingerprint density at radius 1 is 0.222 bits per heavy atom. The zero-order valence-electron chi connectivity index (χ0n) is 34.5. The van der Waals surface area contributed by atoms with E-state index in [4.69, 9.17) is 0 Å². The lowest BCUT2D eigenvalue weighted by Crippen LogP contribution is -2.09. The fourth-order valence-corrected chi connectivity index (χ4v) is 9.50. The van der Waals surface area contributed by atoms with E-state index >= 15 is 0 Å². The normalized spacial score (nSPS) is 11.5. The number of para-hydroxylation sites is 5. The number of hydrogen-bond acceptors (Lipinski definition) is 1. The SMILES string of the molecule is c1ccc(N(c2ccccc2)c2ccc(-c3ccc(-c4ccc(-n5c6ccccc6c6cc(-c7ccc8c(c7)c7ccccc7n8-c7ccccc7)ccc65)cc4)cc3)cc2)cc1. The van der Waals surface area contributed by atoms with Crippen molar-refractivity contribution in [2.45, 2.75) is 0 Å². The van der Waals surface area contributed by atoms with E-state index in [1.54, 1.807) is 0 Å². The minimum Gasteiger partial charge on any atom is -0.311 e.